The van der Waals surface area contributed by atoms with E-state index in [9.17, 15) is 13.5 Å². The molecule has 6 nitrogen and oxygen atoms in total. The van der Waals surface area contributed by atoms with Crippen molar-refractivity contribution in [3.8, 4) is 5.75 Å². The summed E-state index contributed by atoms with van der Waals surface area (Å²) in [5, 5.41) is 15.3. The molecule has 18 heavy (non-hydrogen) atoms. The molecule has 0 bridgehead atoms. The molecule has 7 heteroatoms. The number of anilines is 1. The van der Waals surface area contributed by atoms with E-state index >= 15 is 0 Å². The Labute approximate surface area is 105 Å². The predicted molar refractivity (Wildman–Crippen MR) is 66.9 cm³/mol. The van der Waals surface area contributed by atoms with Crippen LogP contribution in [0.4, 0.5) is 5.69 Å². The van der Waals surface area contributed by atoms with Crippen molar-refractivity contribution in [1.82, 2.24) is 10.2 Å². The molecular formula is C11H13N3O3S. The number of hydrogen-bond acceptors (Lipinski definition) is 4. The van der Waals surface area contributed by atoms with Crippen LogP contribution in [0, 0.1) is 0 Å². The van der Waals surface area contributed by atoms with Gasteiger partial charge in [-0.25, -0.2) is 8.42 Å². The molecule has 0 saturated heterocycles. The van der Waals surface area contributed by atoms with E-state index < -0.39 is 10.0 Å². The Morgan fingerprint density at radius 3 is 2.50 bits per heavy atom. The second kappa shape index (κ2) is 4.69. The maximum atomic E-state index is 12.3. The van der Waals surface area contributed by atoms with Gasteiger partial charge in [0.15, 0.2) is 0 Å². The summed E-state index contributed by atoms with van der Waals surface area (Å²) in [5.74, 6) is 0.0931. The summed E-state index contributed by atoms with van der Waals surface area (Å²) < 4.78 is 25.9. The number of benzene rings is 1. The minimum Gasteiger partial charge on any atom is -0.508 e. The number of nitrogens with zero attached hydrogens (tertiary/aromatic N) is 2. The third-order valence-electron chi connectivity index (χ3n) is 2.49. The SMILES string of the molecule is CCN(c1ccc(O)cc1)S(=O)(=O)c1cn[nH]c1. The molecule has 1 heterocycles. The number of sulfonamides is 1. The minimum absolute atomic E-state index is 0.0931. The average molecular weight is 267 g/mol. The van der Waals surface area contributed by atoms with E-state index in [4.69, 9.17) is 0 Å². The van der Waals surface area contributed by atoms with Crippen LogP contribution in [0.5, 0.6) is 5.75 Å². The van der Waals surface area contributed by atoms with Crippen molar-refractivity contribution in [2.75, 3.05) is 10.8 Å². The van der Waals surface area contributed by atoms with Gasteiger partial charge in [-0.1, -0.05) is 0 Å². The van der Waals surface area contributed by atoms with Crippen LogP contribution >= 0.6 is 0 Å². The first-order valence-corrected chi connectivity index (χ1v) is 6.80. The second-order valence-electron chi connectivity index (χ2n) is 3.62. The number of aromatic nitrogens is 2. The van der Waals surface area contributed by atoms with Crippen LogP contribution in [0.2, 0.25) is 0 Å². The fourth-order valence-electron chi connectivity index (χ4n) is 1.62. The molecule has 1 aromatic carbocycles. The molecule has 0 unspecified atom stereocenters. The maximum absolute atomic E-state index is 12.3. The number of hydrogen-bond donors (Lipinski definition) is 2. The molecule has 96 valence electrons. The lowest BCUT2D eigenvalue weighted by Gasteiger charge is -2.21. The molecule has 0 amide bonds. The zero-order valence-electron chi connectivity index (χ0n) is 9.74. The molecule has 0 aliphatic rings. The molecule has 0 fully saturated rings. The van der Waals surface area contributed by atoms with Gasteiger partial charge in [0, 0.05) is 12.7 Å². The molecule has 0 radical (unpaired) electrons. The highest BCUT2D eigenvalue weighted by Crippen LogP contribution is 2.24. The van der Waals surface area contributed by atoms with Gasteiger partial charge in [0.1, 0.15) is 10.6 Å². The molecular weight excluding hydrogens is 254 g/mol. The largest absolute Gasteiger partial charge is 0.508 e. The van der Waals surface area contributed by atoms with Crippen molar-refractivity contribution in [2.24, 2.45) is 0 Å². The topological polar surface area (TPSA) is 86.3 Å². The predicted octanol–water partition coefficient (Wildman–Crippen LogP) is 1.33. The van der Waals surface area contributed by atoms with E-state index in [-0.39, 0.29) is 17.2 Å². The molecule has 2 rings (SSSR count). The van der Waals surface area contributed by atoms with Crippen molar-refractivity contribution in [3.05, 3.63) is 36.7 Å². The van der Waals surface area contributed by atoms with E-state index in [0.717, 1.165) is 0 Å². The lowest BCUT2D eigenvalue weighted by molar-refractivity contribution is 0.475. The quantitative estimate of drug-likeness (QED) is 0.875. The number of H-pyrrole nitrogens is 1. The standard InChI is InChI=1S/C11H13N3O3S/c1-2-14(9-3-5-10(15)6-4-9)18(16,17)11-7-12-13-8-11/h3-8,15H,2H2,1H3,(H,12,13). The second-order valence-corrected chi connectivity index (χ2v) is 5.48. The highest BCUT2D eigenvalue weighted by Gasteiger charge is 2.24. The van der Waals surface area contributed by atoms with Gasteiger partial charge in [0.25, 0.3) is 10.0 Å². The summed E-state index contributed by atoms with van der Waals surface area (Å²) in [6, 6.07) is 6.00. The van der Waals surface area contributed by atoms with E-state index in [1.54, 1.807) is 19.1 Å². The molecule has 0 atom stereocenters. The Morgan fingerprint density at radius 2 is 2.00 bits per heavy atom. The zero-order chi connectivity index (χ0) is 13.2. The molecule has 0 aliphatic carbocycles. The van der Waals surface area contributed by atoms with Gasteiger partial charge in [0.05, 0.1) is 11.9 Å². The smallest absolute Gasteiger partial charge is 0.267 e. The van der Waals surface area contributed by atoms with Crippen LogP contribution in [0.3, 0.4) is 0 Å². The number of aromatic hydroxyl groups is 1. The van der Waals surface area contributed by atoms with Crippen molar-refractivity contribution in [1.29, 1.82) is 0 Å². The minimum atomic E-state index is -3.62. The normalized spacial score (nSPS) is 11.4. The summed E-state index contributed by atoms with van der Waals surface area (Å²) in [7, 11) is -3.62. The molecule has 0 saturated carbocycles. The monoisotopic (exact) mass is 267 g/mol. The van der Waals surface area contributed by atoms with Crippen molar-refractivity contribution >= 4 is 15.7 Å². The Kier molecular flexibility index (Phi) is 3.24. The first-order chi connectivity index (χ1) is 8.55. The molecule has 2 N–H and O–H groups in total. The van der Waals surface area contributed by atoms with Gasteiger partial charge in [-0.2, -0.15) is 5.10 Å². The number of rotatable bonds is 4. The van der Waals surface area contributed by atoms with Crippen LogP contribution in [0.25, 0.3) is 0 Å². The highest BCUT2D eigenvalue weighted by atomic mass is 32.2. The number of phenolic OH excluding ortho intramolecular Hbond substituents is 1. The Hall–Kier alpha value is -2.02. The van der Waals surface area contributed by atoms with Gasteiger partial charge in [-0.3, -0.25) is 9.40 Å². The molecule has 0 aliphatic heterocycles. The van der Waals surface area contributed by atoms with Crippen molar-refractivity contribution in [3.63, 3.8) is 0 Å². The number of phenols is 1. The van der Waals surface area contributed by atoms with E-state index in [2.05, 4.69) is 10.2 Å². The number of aromatic amines is 1. The molecule has 0 spiro atoms. The van der Waals surface area contributed by atoms with Crippen molar-refractivity contribution < 1.29 is 13.5 Å². The summed E-state index contributed by atoms with van der Waals surface area (Å²) >= 11 is 0. The Morgan fingerprint density at radius 1 is 1.33 bits per heavy atom. The first kappa shape index (κ1) is 12.4. The average Bonchev–Trinajstić information content (AvgIpc) is 2.86. The van der Waals surface area contributed by atoms with Gasteiger partial charge in [0.2, 0.25) is 0 Å². The Bertz CT molecular complexity index is 605. The lowest BCUT2D eigenvalue weighted by Crippen LogP contribution is -2.30. The van der Waals surface area contributed by atoms with E-state index in [1.807, 2.05) is 0 Å². The third-order valence-corrected chi connectivity index (χ3v) is 4.35. The molecule has 1 aromatic heterocycles. The highest BCUT2D eigenvalue weighted by molar-refractivity contribution is 7.92. The first-order valence-electron chi connectivity index (χ1n) is 5.36. The summed E-state index contributed by atoms with van der Waals surface area (Å²) in [5.41, 5.74) is 0.497. The van der Waals surface area contributed by atoms with E-state index in [1.165, 1.54) is 28.8 Å². The van der Waals surface area contributed by atoms with Crippen LogP contribution in [-0.4, -0.2) is 30.3 Å². The Balaban J connectivity index is 2.43. The summed E-state index contributed by atoms with van der Waals surface area (Å²) in [6.07, 6.45) is 2.59. The fourth-order valence-corrected chi connectivity index (χ4v) is 3.00. The maximum Gasteiger partial charge on any atom is 0.267 e. The van der Waals surface area contributed by atoms with Crippen molar-refractivity contribution in [2.45, 2.75) is 11.8 Å². The fraction of sp³-hybridized carbons (Fsp3) is 0.182. The van der Waals surface area contributed by atoms with Gasteiger partial charge < -0.3 is 5.11 Å². The van der Waals surface area contributed by atoms with Crippen LogP contribution in [-0.2, 0) is 10.0 Å². The van der Waals surface area contributed by atoms with Gasteiger partial charge in [-0.15, -0.1) is 0 Å². The molecule has 2 aromatic rings. The summed E-state index contributed by atoms with van der Waals surface area (Å²) in [4.78, 5) is 0.109. The third kappa shape index (κ3) is 2.17. The lowest BCUT2D eigenvalue weighted by atomic mass is 10.3. The van der Waals surface area contributed by atoms with Crippen LogP contribution in [0.15, 0.2) is 41.6 Å². The van der Waals surface area contributed by atoms with Crippen LogP contribution < -0.4 is 4.31 Å². The van der Waals surface area contributed by atoms with Crippen LogP contribution in [0.1, 0.15) is 6.92 Å². The number of nitrogens with one attached hydrogen (secondary N) is 1. The van der Waals surface area contributed by atoms with Gasteiger partial charge >= 0.3 is 0 Å². The van der Waals surface area contributed by atoms with E-state index in [0.29, 0.717) is 5.69 Å². The summed E-state index contributed by atoms with van der Waals surface area (Å²) in [6.45, 7) is 2.03. The zero-order valence-corrected chi connectivity index (χ0v) is 10.6. The van der Waals surface area contributed by atoms with Gasteiger partial charge in [-0.05, 0) is 31.2 Å².